The number of alkyl halides is 1. The molecule has 3 aliphatic heterocycles. The maximum absolute atomic E-state index is 11.9. The molecule has 0 radical (unpaired) electrons. The molecule has 3 aliphatic rings. The SMILES string of the molecule is C[C@@]12SC(=N[C@@H]3CCS(=O)(=O)C3)S[C@@H]1CS(=O)(=O)[C@@H]2Br. The first-order chi connectivity index (χ1) is 9.12. The first-order valence-electron chi connectivity index (χ1n) is 6.12. The Labute approximate surface area is 135 Å². The van der Waals surface area contributed by atoms with Crippen LogP contribution in [0.2, 0.25) is 0 Å². The highest BCUT2D eigenvalue weighted by Gasteiger charge is 2.60. The van der Waals surface area contributed by atoms with Crippen molar-refractivity contribution in [3.8, 4) is 0 Å². The summed E-state index contributed by atoms with van der Waals surface area (Å²) in [6.45, 7) is 1.94. The van der Waals surface area contributed by atoms with Crippen molar-refractivity contribution in [3.63, 3.8) is 0 Å². The van der Waals surface area contributed by atoms with Gasteiger partial charge in [0.2, 0.25) is 0 Å². The molecule has 0 N–H and O–H groups in total. The maximum atomic E-state index is 11.9. The molecular formula is C10H14BrNO4S4. The molecule has 0 spiro atoms. The van der Waals surface area contributed by atoms with E-state index >= 15 is 0 Å². The van der Waals surface area contributed by atoms with Crippen molar-refractivity contribution in [2.45, 2.75) is 33.5 Å². The number of rotatable bonds is 1. The van der Waals surface area contributed by atoms with Crippen LogP contribution in [-0.4, -0.2) is 58.7 Å². The molecule has 20 heavy (non-hydrogen) atoms. The maximum Gasteiger partial charge on any atom is 0.165 e. The fourth-order valence-corrected chi connectivity index (χ4v) is 12.0. The van der Waals surface area contributed by atoms with E-state index in [1.807, 2.05) is 6.92 Å². The summed E-state index contributed by atoms with van der Waals surface area (Å²) in [5.41, 5.74) is 0. The highest BCUT2D eigenvalue weighted by atomic mass is 79.9. The summed E-state index contributed by atoms with van der Waals surface area (Å²) in [5.74, 6) is 0.480. The molecule has 4 atom stereocenters. The molecule has 3 saturated heterocycles. The molecule has 10 heteroatoms. The normalized spacial score (nSPS) is 47.7. The monoisotopic (exact) mass is 419 g/mol. The van der Waals surface area contributed by atoms with Gasteiger partial charge < -0.3 is 0 Å². The Morgan fingerprint density at radius 1 is 1.30 bits per heavy atom. The number of aliphatic imine (C=N–C) groups is 1. The molecule has 0 bridgehead atoms. The van der Waals surface area contributed by atoms with Crippen molar-refractivity contribution in [1.82, 2.24) is 0 Å². The number of sulfone groups is 2. The van der Waals surface area contributed by atoms with E-state index in [9.17, 15) is 16.8 Å². The lowest BCUT2D eigenvalue weighted by Gasteiger charge is -2.22. The number of nitrogens with zero attached hydrogens (tertiary/aromatic N) is 1. The zero-order chi connectivity index (χ0) is 14.8. The van der Waals surface area contributed by atoms with Crippen LogP contribution in [0.3, 0.4) is 0 Å². The van der Waals surface area contributed by atoms with Gasteiger partial charge in [-0.15, -0.1) is 0 Å². The van der Waals surface area contributed by atoms with E-state index in [4.69, 9.17) is 0 Å². The van der Waals surface area contributed by atoms with E-state index in [2.05, 4.69) is 20.9 Å². The molecular weight excluding hydrogens is 406 g/mol. The van der Waals surface area contributed by atoms with Gasteiger partial charge in [-0.05, 0) is 13.3 Å². The number of hydrogen-bond acceptors (Lipinski definition) is 7. The molecule has 5 nitrogen and oxygen atoms in total. The van der Waals surface area contributed by atoms with Crippen LogP contribution in [0, 0.1) is 0 Å². The Bertz CT molecular complexity index is 673. The second kappa shape index (κ2) is 4.87. The molecule has 0 aliphatic carbocycles. The summed E-state index contributed by atoms with van der Waals surface area (Å²) in [5, 5.41) is -0.0152. The first-order valence-corrected chi connectivity index (χ1v) is 12.3. The summed E-state index contributed by atoms with van der Waals surface area (Å²) in [6.07, 6.45) is 0.574. The zero-order valence-corrected chi connectivity index (χ0v) is 15.5. The van der Waals surface area contributed by atoms with Crippen molar-refractivity contribution in [2.24, 2.45) is 4.99 Å². The van der Waals surface area contributed by atoms with Crippen LogP contribution in [0.25, 0.3) is 0 Å². The van der Waals surface area contributed by atoms with Crippen molar-refractivity contribution in [3.05, 3.63) is 0 Å². The largest absolute Gasteiger partial charge is 0.267 e. The van der Waals surface area contributed by atoms with Crippen molar-refractivity contribution < 1.29 is 16.8 Å². The average Bonchev–Trinajstić information content (AvgIpc) is 2.84. The minimum atomic E-state index is -3.09. The Kier molecular flexibility index (Phi) is 3.81. The quantitative estimate of drug-likeness (QED) is 0.595. The molecule has 0 saturated carbocycles. The van der Waals surface area contributed by atoms with E-state index in [1.165, 1.54) is 23.5 Å². The molecule has 0 aromatic carbocycles. The number of halogens is 1. The van der Waals surface area contributed by atoms with E-state index < -0.39 is 28.6 Å². The summed E-state index contributed by atoms with van der Waals surface area (Å²) >= 11 is 6.26. The molecule has 0 aromatic rings. The van der Waals surface area contributed by atoms with E-state index in [1.54, 1.807) is 0 Å². The van der Waals surface area contributed by atoms with Gasteiger partial charge in [0.15, 0.2) is 19.7 Å². The first kappa shape index (κ1) is 15.6. The van der Waals surface area contributed by atoms with E-state index in [-0.39, 0.29) is 28.6 Å². The zero-order valence-electron chi connectivity index (χ0n) is 10.7. The van der Waals surface area contributed by atoms with Gasteiger partial charge in [-0.1, -0.05) is 39.5 Å². The van der Waals surface area contributed by atoms with Gasteiger partial charge in [0.05, 0.1) is 28.0 Å². The van der Waals surface area contributed by atoms with Crippen LogP contribution in [0.15, 0.2) is 4.99 Å². The van der Waals surface area contributed by atoms with Crippen molar-refractivity contribution >= 4 is 63.5 Å². The fourth-order valence-electron chi connectivity index (χ4n) is 2.64. The highest BCUT2D eigenvalue weighted by Crippen LogP contribution is 2.57. The molecule has 0 unspecified atom stereocenters. The second-order valence-electron chi connectivity index (χ2n) is 5.49. The number of thioether (sulfide) groups is 2. The molecule has 0 amide bonds. The molecule has 3 rings (SSSR count). The van der Waals surface area contributed by atoms with E-state index in [0.717, 1.165) is 4.38 Å². The Morgan fingerprint density at radius 3 is 2.55 bits per heavy atom. The Morgan fingerprint density at radius 2 is 2.00 bits per heavy atom. The van der Waals surface area contributed by atoms with Gasteiger partial charge in [0.1, 0.15) is 8.53 Å². The van der Waals surface area contributed by atoms with Gasteiger partial charge in [0.25, 0.3) is 0 Å². The Hall–Kier alpha value is 0.750. The minimum Gasteiger partial charge on any atom is -0.267 e. The minimum absolute atomic E-state index is 0.0152. The average molecular weight is 420 g/mol. The van der Waals surface area contributed by atoms with Crippen LogP contribution >= 0.6 is 39.5 Å². The van der Waals surface area contributed by atoms with Crippen LogP contribution in [-0.2, 0) is 19.7 Å². The van der Waals surface area contributed by atoms with Crippen molar-refractivity contribution in [2.75, 3.05) is 17.3 Å². The van der Waals surface area contributed by atoms with Gasteiger partial charge in [-0.2, -0.15) is 0 Å². The van der Waals surface area contributed by atoms with Crippen molar-refractivity contribution in [1.29, 1.82) is 0 Å². The summed E-state index contributed by atoms with van der Waals surface area (Å²) in [6, 6.07) is -0.164. The summed E-state index contributed by atoms with van der Waals surface area (Å²) in [4.78, 5) is 4.53. The van der Waals surface area contributed by atoms with E-state index in [0.29, 0.717) is 6.42 Å². The topological polar surface area (TPSA) is 80.6 Å². The third-order valence-electron chi connectivity index (χ3n) is 3.84. The van der Waals surface area contributed by atoms with Crippen LogP contribution in [0.5, 0.6) is 0 Å². The van der Waals surface area contributed by atoms with Crippen LogP contribution in [0.1, 0.15) is 13.3 Å². The molecule has 0 aromatic heterocycles. The third kappa shape index (κ3) is 2.59. The second-order valence-corrected chi connectivity index (χ2v) is 14.3. The van der Waals surface area contributed by atoms with Gasteiger partial charge in [0, 0.05) is 5.25 Å². The van der Waals surface area contributed by atoms with Crippen LogP contribution in [0.4, 0.5) is 0 Å². The standard InChI is InChI=1S/C10H14BrNO4S4/c1-10-7(5-20(15,16)8(10)11)17-9(18-10)12-6-2-3-19(13,14)4-6/h6-8H,2-5H2,1H3/t6-,7-,8+,10-/m1/s1. The lowest BCUT2D eigenvalue weighted by atomic mass is 10.1. The Balaban J connectivity index is 1.79. The highest BCUT2D eigenvalue weighted by molar-refractivity contribution is 9.11. The smallest absolute Gasteiger partial charge is 0.165 e. The third-order valence-corrected chi connectivity index (χ3v) is 14.0. The van der Waals surface area contributed by atoms with Gasteiger partial charge in [-0.25, -0.2) is 16.8 Å². The predicted octanol–water partition coefficient (Wildman–Crippen LogP) is 1.29. The lowest BCUT2D eigenvalue weighted by Crippen LogP contribution is -2.33. The summed E-state index contributed by atoms with van der Waals surface area (Å²) < 4.78 is 46.6. The summed E-state index contributed by atoms with van der Waals surface area (Å²) in [7, 11) is -6.02. The molecule has 3 heterocycles. The van der Waals surface area contributed by atoms with Gasteiger partial charge in [-0.3, -0.25) is 4.99 Å². The van der Waals surface area contributed by atoms with Gasteiger partial charge >= 0.3 is 0 Å². The fraction of sp³-hybridized carbons (Fsp3) is 0.900. The number of hydrogen-bond donors (Lipinski definition) is 0. The molecule has 3 fully saturated rings. The lowest BCUT2D eigenvalue weighted by molar-refractivity contribution is 0.598. The van der Waals surface area contributed by atoms with Crippen LogP contribution < -0.4 is 0 Å². The molecule has 114 valence electrons. The predicted molar refractivity (Wildman–Crippen MR) is 88.4 cm³/mol. The number of fused-ring (bicyclic) bond motifs is 1.